The fourth-order valence-corrected chi connectivity index (χ4v) is 8.90. The van der Waals surface area contributed by atoms with Gasteiger partial charge in [0.25, 0.3) is 0 Å². The highest BCUT2D eigenvalue weighted by Crippen LogP contribution is 2.52. The molecule has 2 fully saturated rings. The molecule has 0 saturated carbocycles. The van der Waals surface area contributed by atoms with Crippen LogP contribution in [0.25, 0.3) is 32.1 Å². The zero-order valence-corrected chi connectivity index (χ0v) is 29.9. The lowest BCUT2D eigenvalue weighted by Crippen LogP contribution is -2.43. The number of anilines is 3. The number of fused-ring (bicyclic) bond motifs is 3. The van der Waals surface area contributed by atoms with E-state index in [4.69, 9.17) is 16.2 Å². The van der Waals surface area contributed by atoms with E-state index in [1.165, 1.54) is 24.9 Å². The van der Waals surface area contributed by atoms with Crippen LogP contribution < -0.4 is 21.5 Å². The highest BCUT2D eigenvalue weighted by Gasteiger charge is 2.49. The maximum absolute atomic E-state index is 17.3. The molecule has 12 nitrogen and oxygen atoms in total. The van der Waals surface area contributed by atoms with Gasteiger partial charge in [-0.15, -0.1) is 11.3 Å². The minimum absolute atomic E-state index is 0.0523. The summed E-state index contributed by atoms with van der Waals surface area (Å²) in [6.45, 7) is 0.697. The fraction of sp³-hybridized carbons (Fsp3) is 0.297. The number of hydrogen-bond acceptors (Lipinski definition) is 13. The van der Waals surface area contributed by atoms with Crippen molar-refractivity contribution in [2.75, 3.05) is 36.5 Å². The van der Waals surface area contributed by atoms with Gasteiger partial charge in [-0.3, -0.25) is 4.90 Å². The summed E-state index contributed by atoms with van der Waals surface area (Å²) in [4.78, 5) is 22.8. The number of rotatable bonds is 9. The molecule has 6 N–H and O–H groups in total. The molecule has 4 aromatic heterocycles. The molecule has 0 unspecified atom stereocenters. The van der Waals surface area contributed by atoms with E-state index in [0.29, 0.717) is 35.4 Å². The van der Waals surface area contributed by atoms with Gasteiger partial charge in [0.1, 0.15) is 64.5 Å². The molecule has 288 valence electrons. The van der Waals surface area contributed by atoms with Crippen LogP contribution in [0.2, 0.25) is 0 Å². The molecule has 19 heteroatoms. The van der Waals surface area contributed by atoms with E-state index < -0.39 is 80.7 Å². The lowest BCUT2D eigenvalue weighted by Gasteiger charge is -2.31. The summed E-state index contributed by atoms with van der Waals surface area (Å²) >= 11 is 0.606. The molecule has 2 saturated heterocycles. The molecule has 56 heavy (non-hydrogen) atoms. The number of alkyl halides is 4. The molecule has 0 radical (unpaired) electrons. The monoisotopic (exact) mass is 792 g/mol. The molecule has 2 aromatic carbocycles. The van der Waals surface area contributed by atoms with Crippen LogP contribution in [0, 0.1) is 23.0 Å². The normalized spacial score (nSPS) is 19.0. The van der Waals surface area contributed by atoms with Crippen LogP contribution in [0.1, 0.15) is 47.6 Å². The van der Waals surface area contributed by atoms with E-state index in [0.717, 1.165) is 18.6 Å². The van der Waals surface area contributed by atoms with Crippen molar-refractivity contribution in [3.63, 3.8) is 0 Å². The van der Waals surface area contributed by atoms with Crippen molar-refractivity contribution >= 4 is 49.0 Å². The first-order valence-corrected chi connectivity index (χ1v) is 18.1. The summed E-state index contributed by atoms with van der Waals surface area (Å²) in [5.74, 6) is -4.37. The number of hydrogen-bond donors (Lipinski definition) is 4. The maximum Gasteiger partial charge on any atom is 0.420 e. The summed E-state index contributed by atoms with van der Waals surface area (Å²) in [5, 5.41) is 23.3. The predicted octanol–water partition coefficient (Wildman–Crippen LogP) is 7.09. The number of phenols is 1. The first-order valence-electron chi connectivity index (χ1n) is 17.3. The summed E-state index contributed by atoms with van der Waals surface area (Å²) in [5.41, 5.74) is 7.66. The van der Waals surface area contributed by atoms with Crippen molar-refractivity contribution in [2.45, 2.75) is 49.6 Å². The Labute approximate surface area is 317 Å². The van der Waals surface area contributed by atoms with Crippen LogP contribution in [0.3, 0.4) is 0 Å². The summed E-state index contributed by atoms with van der Waals surface area (Å²) in [6.07, 6.45) is 0.803. The molecule has 0 spiro atoms. The second kappa shape index (κ2) is 13.9. The minimum atomic E-state index is -5.43. The molecule has 0 bridgehead atoms. The molecule has 6 aromatic rings. The zero-order valence-electron chi connectivity index (χ0n) is 29.0. The highest BCUT2D eigenvalue weighted by molar-refractivity contribution is 7.23. The number of phenolic OH excluding ortho intramolecular Hbond substituents is 1. The lowest BCUT2D eigenvalue weighted by molar-refractivity contribution is -0.138. The largest absolute Gasteiger partial charge is 0.506 e. The van der Waals surface area contributed by atoms with Gasteiger partial charge in [0.05, 0.1) is 27.2 Å². The van der Waals surface area contributed by atoms with Crippen LogP contribution in [0.15, 0.2) is 49.2 Å². The Morgan fingerprint density at radius 1 is 1.14 bits per heavy atom. The Balaban J connectivity index is 1.38. The Hall–Kier alpha value is -6.00. The molecule has 6 heterocycles. The molecule has 2 aliphatic heterocycles. The number of nitrogens with zero attached hydrogens (tertiary/aromatic N) is 7. The molecule has 0 amide bonds. The number of thiophene rings is 1. The van der Waals surface area contributed by atoms with E-state index in [2.05, 4.69) is 30.2 Å². The van der Waals surface area contributed by atoms with Gasteiger partial charge < -0.3 is 26.6 Å². The second-order valence-corrected chi connectivity index (χ2v) is 14.8. The molecule has 3 atom stereocenters. The van der Waals surface area contributed by atoms with Gasteiger partial charge in [-0.1, -0.05) is 12.1 Å². The number of benzene rings is 2. The predicted molar refractivity (Wildman–Crippen MR) is 195 cm³/mol. The second-order valence-electron chi connectivity index (χ2n) is 13.7. The number of nitrogen functional groups attached to an aromatic ring is 2. The molecule has 2 aliphatic rings. The standard InChI is InChI=1S/C37H30F6N10O2S/c38-18-10-36(6-2-8-53(36)14-18)15-55-35-51-29-26(34(52-35)50-23(9-17-12-47-16-48-13-17)19-3-1-7-49-32(19)45)30(54)27(37(41,42)43)25(28(29)40)20-4-5-22(39)31-24(20)21(11-44)33(46)56-31/h1,3-5,7,12-13,16,18,23,54H,2,6,8-10,14-15,46H2,(H2,45,49)(H,50,51,52)/t18-,23-,36+/m1/s1. The van der Waals surface area contributed by atoms with Gasteiger partial charge in [0.15, 0.2) is 5.82 Å². The van der Waals surface area contributed by atoms with Gasteiger partial charge in [0.2, 0.25) is 0 Å². The molecule has 0 aliphatic carbocycles. The van der Waals surface area contributed by atoms with E-state index in [-0.39, 0.29) is 52.5 Å². The van der Waals surface area contributed by atoms with Crippen molar-refractivity contribution in [1.82, 2.24) is 29.8 Å². The molecular weight excluding hydrogens is 763 g/mol. The summed E-state index contributed by atoms with van der Waals surface area (Å²) < 4.78 is 98.6. The average Bonchev–Trinajstić information content (AvgIpc) is 3.81. The van der Waals surface area contributed by atoms with E-state index in [1.807, 2.05) is 4.90 Å². The van der Waals surface area contributed by atoms with Crippen molar-refractivity contribution in [3.05, 3.63) is 83.1 Å². The Morgan fingerprint density at radius 2 is 1.93 bits per heavy atom. The van der Waals surface area contributed by atoms with Gasteiger partial charge in [0, 0.05) is 48.1 Å². The zero-order chi connectivity index (χ0) is 39.5. The number of ether oxygens (including phenoxy) is 1. The first-order chi connectivity index (χ1) is 26.8. The third-order valence-corrected chi connectivity index (χ3v) is 11.4. The number of nitriles is 1. The van der Waals surface area contributed by atoms with Crippen molar-refractivity contribution < 1.29 is 36.2 Å². The van der Waals surface area contributed by atoms with Crippen LogP contribution in [-0.4, -0.2) is 66.3 Å². The van der Waals surface area contributed by atoms with Crippen LogP contribution in [-0.2, 0) is 12.6 Å². The highest BCUT2D eigenvalue weighted by atomic mass is 32.1. The lowest BCUT2D eigenvalue weighted by atomic mass is 9.91. The van der Waals surface area contributed by atoms with Crippen LogP contribution in [0.5, 0.6) is 11.8 Å². The van der Waals surface area contributed by atoms with Crippen molar-refractivity contribution in [3.8, 4) is 29.0 Å². The van der Waals surface area contributed by atoms with Gasteiger partial charge in [-0.25, -0.2) is 28.1 Å². The van der Waals surface area contributed by atoms with Crippen LogP contribution >= 0.6 is 11.3 Å². The number of pyridine rings is 1. The van der Waals surface area contributed by atoms with Crippen molar-refractivity contribution in [2.24, 2.45) is 0 Å². The number of halogens is 6. The first kappa shape index (κ1) is 36.9. The maximum atomic E-state index is 17.3. The Bertz CT molecular complexity index is 2550. The minimum Gasteiger partial charge on any atom is -0.506 e. The van der Waals surface area contributed by atoms with Gasteiger partial charge in [-0.2, -0.15) is 28.4 Å². The van der Waals surface area contributed by atoms with E-state index in [1.54, 1.807) is 18.2 Å². The molecule has 8 rings (SSSR count). The number of nitrogens with one attached hydrogen (secondary N) is 1. The Morgan fingerprint density at radius 3 is 2.66 bits per heavy atom. The summed E-state index contributed by atoms with van der Waals surface area (Å²) in [7, 11) is 0. The summed E-state index contributed by atoms with van der Waals surface area (Å²) in [6, 6.07) is 5.24. The third kappa shape index (κ3) is 6.27. The number of nitrogens with two attached hydrogens (primary N) is 2. The van der Waals surface area contributed by atoms with Gasteiger partial charge >= 0.3 is 12.2 Å². The number of aromatic nitrogens is 5. The topological polar surface area (TPSA) is 185 Å². The van der Waals surface area contributed by atoms with E-state index >= 15 is 22.0 Å². The van der Waals surface area contributed by atoms with Crippen LogP contribution in [0.4, 0.5) is 43.0 Å². The van der Waals surface area contributed by atoms with Gasteiger partial charge in [-0.05, 0) is 49.1 Å². The number of aromatic hydroxyl groups is 1. The average molecular weight is 793 g/mol. The Kier molecular flexibility index (Phi) is 9.20. The van der Waals surface area contributed by atoms with Crippen molar-refractivity contribution in [1.29, 1.82) is 5.26 Å². The fourth-order valence-electron chi connectivity index (χ4n) is 7.95. The molecular formula is C37H30F6N10O2S. The van der Waals surface area contributed by atoms with E-state index in [9.17, 15) is 14.8 Å². The third-order valence-electron chi connectivity index (χ3n) is 10.4. The SMILES string of the molecule is N#Cc1c(N)sc2c(F)ccc(-c3c(C(F)(F)F)c(O)c4c(N[C@H](Cc5cncnc5)c5cccnc5N)nc(OC[C@@]56CCCN5C[C@H](F)C6)nc4c3F)c12. The smallest absolute Gasteiger partial charge is 0.420 e. The quantitative estimate of drug-likeness (QED) is 0.109.